The number of imidazole rings is 1. The van der Waals surface area contributed by atoms with Gasteiger partial charge in [-0.3, -0.25) is 0 Å². The van der Waals surface area contributed by atoms with Gasteiger partial charge in [0.05, 0.1) is 18.0 Å². The van der Waals surface area contributed by atoms with E-state index in [1.165, 1.54) is 11.3 Å². The topological polar surface area (TPSA) is 53.6 Å². The highest BCUT2D eigenvalue weighted by Gasteiger charge is 2.22. The summed E-state index contributed by atoms with van der Waals surface area (Å²) in [7, 11) is 0. The van der Waals surface area contributed by atoms with Crippen molar-refractivity contribution < 1.29 is 0 Å². The van der Waals surface area contributed by atoms with E-state index >= 15 is 0 Å². The number of benzene rings is 1. The molecule has 1 aliphatic rings. The Balaban J connectivity index is 1.79. The molecule has 4 heteroatoms. The van der Waals surface area contributed by atoms with Gasteiger partial charge in [-0.2, -0.15) is 5.26 Å². The standard InChI is InChI=1S/C14H14N4/c15-5-11-1-3-12(4-2-11)9-18-10-17-8-14(18)13-6-16-7-13/h1-4,8,10,13,16H,6-7,9H2. The van der Waals surface area contributed by atoms with Crippen molar-refractivity contribution in [1.82, 2.24) is 14.9 Å². The number of rotatable bonds is 3. The number of nitrogens with zero attached hydrogens (tertiary/aromatic N) is 3. The first-order valence-corrected chi connectivity index (χ1v) is 6.06. The minimum Gasteiger partial charge on any atom is -0.330 e. The molecular weight excluding hydrogens is 224 g/mol. The van der Waals surface area contributed by atoms with Gasteiger partial charge in [-0.1, -0.05) is 12.1 Å². The molecule has 3 rings (SSSR count). The molecule has 0 atom stereocenters. The number of hydrogen-bond acceptors (Lipinski definition) is 3. The lowest BCUT2D eigenvalue weighted by atomic mass is 10.00. The van der Waals surface area contributed by atoms with Crippen molar-refractivity contribution in [3.63, 3.8) is 0 Å². The van der Waals surface area contributed by atoms with Gasteiger partial charge >= 0.3 is 0 Å². The zero-order valence-corrected chi connectivity index (χ0v) is 10.0. The van der Waals surface area contributed by atoms with Crippen LogP contribution in [0.1, 0.15) is 22.7 Å². The molecule has 0 unspecified atom stereocenters. The molecule has 0 bridgehead atoms. The summed E-state index contributed by atoms with van der Waals surface area (Å²) in [6, 6.07) is 9.85. The first-order chi connectivity index (χ1) is 8.86. The van der Waals surface area contributed by atoms with Gasteiger partial charge in [-0.25, -0.2) is 4.98 Å². The Morgan fingerprint density at radius 3 is 2.72 bits per heavy atom. The van der Waals surface area contributed by atoms with Gasteiger partial charge in [0.25, 0.3) is 0 Å². The van der Waals surface area contributed by atoms with Crippen LogP contribution >= 0.6 is 0 Å². The Hall–Kier alpha value is -2.12. The maximum atomic E-state index is 8.77. The molecule has 2 aromatic rings. The zero-order chi connectivity index (χ0) is 12.4. The van der Waals surface area contributed by atoms with E-state index in [4.69, 9.17) is 5.26 Å². The van der Waals surface area contributed by atoms with Crippen LogP contribution in [0.4, 0.5) is 0 Å². The van der Waals surface area contributed by atoms with Gasteiger partial charge in [-0.15, -0.1) is 0 Å². The van der Waals surface area contributed by atoms with Gasteiger partial charge in [0, 0.05) is 37.4 Å². The third kappa shape index (κ3) is 2.01. The van der Waals surface area contributed by atoms with E-state index in [0.717, 1.165) is 19.6 Å². The summed E-state index contributed by atoms with van der Waals surface area (Å²) in [5, 5.41) is 12.0. The van der Waals surface area contributed by atoms with Crippen LogP contribution in [0.2, 0.25) is 0 Å². The molecule has 0 radical (unpaired) electrons. The molecule has 0 spiro atoms. The van der Waals surface area contributed by atoms with Crippen molar-refractivity contribution in [3.05, 3.63) is 53.6 Å². The van der Waals surface area contributed by atoms with E-state index in [1.54, 1.807) is 0 Å². The maximum Gasteiger partial charge on any atom is 0.0991 e. The van der Waals surface area contributed by atoms with Crippen molar-refractivity contribution >= 4 is 0 Å². The lowest BCUT2D eigenvalue weighted by molar-refractivity contribution is 0.427. The molecule has 18 heavy (non-hydrogen) atoms. The second-order valence-corrected chi connectivity index (χ2v) is 4.61. The molecule has 0 saturated carbocycles. The van der Waals surface area contributed by atoms with Crippen molar-refractivity contribution in [1.29, 1.82) is 5.26 Å². The highest BCUT2D eigenvalue weighted by molar-refractivity contribution is 5.32. The molecule has 1 aromatic carbocycles. The Morgan fingerprint density at radius 2 is 2.11 bits per heavy atom. The van der Waals surface area contributed by atoms with Gasteiger partial charge in [0.2, 0.25) is 0 Å². The molecule has 1 aliphatic heterocycles. The third-order valence-electron chi connectivity index (χ3n) is 3.38. The van der Waals surface area contributed by atoms with Crippen LogP contribution in [0, 0.1) is 11.3 Å². The van der Waals surface area contributed by atoms with E-state index in [0.29, 0.717) is 11.5 Å². The highest BCUT2D eigenvalue weighted by Crippen LogP contribution is 2.20. The highest BCUT2D eigenvalue weighted by atomic mass is 15.1. The van der Waals surface area contributed by atoms with E-state index in [9.17, 15) is 0 Å². The van der Waals surface area contributed by atoms with Crippen LogP contribution in [0.15, 0.2) is 36.8 Å². The smallest absolute Gasteiger partial charge is 0.0991 e. The molecule has 1 aromatic heterocycles. The molecule has 1 N–H and O–H groups in total. The van der Waals surface area contributed by atoms with Crippen LogP contribution in [0.5, 0.6) is 0 Å². The summed E-state index contributed by atoms with van der Waals surface area (Å²) in [5.41, 5.74) is 3.19. The average Bonchev–Trinajstić information content (AvgIpc) is 2.76. The number of nitriles is 1. The van der Waals surface area contributed by atoms with Gasteiger partial charge in [0.15, 0.2) is 0 Å². The summed E-state index contributed by atoms with van der Waals surface area (Å²) < 4.78 is 2.19. The zero-order valence-electron chi connectivity index (χ0n) is 10.0. The average molecular weight is 238 g/mol. The minimum absolute atomic E-state index is 0.589. The lowest BCUT2D eigenvalue weighted by Gasteiger charge is -2.27. The maximum absolute atomic E-state index is 8.77. The van der Waals surface area contributed by atoms with Crippen molar-refractivity contribution in [2.45, 2.75) is 12.5 Å². The number of aromatic nitrogens is 2. The van der Waals surface area contributed by atoms with Gasteiger partial charge < -0.3 is 9.88 Å². The summed E-state index contributed by atoms with van der Waals surface area (Å²) in [6.07, 6.45) is 3.83. The molecule has 0 amide bonds. The fraction of sp³-hybridized carbons (Fsp3) is 0.286. The molecule has 1 fully saturated rings. The Kier molecular flexibility index (Phi) is 2.83. The second-order valence-electron chi connectivity index (χ2n) is 4.61. The summed E-state index contributed by atoms with van der Waals surface area (Å²) in [6.45, 7) is 2.90. The van der Waals surface area contributed by atoms with E-state index < -0.39 is 0 Å². The molecule has 4 nitrogen and oxygen atoms in total. The van der Waals surface area contributed by atoms with Crippen LogP contribution in [-0.2, 0) is 6.54 Å². The first kappa shape index (κ1) is 11.0. The minimum atomic E-state index is 0.589. The van der Waals surface area contributed by atoms with Crippen LogP contribution in [0.25, 0.3) is 0 Å². The fourth-order valence-electron chi connectivity index (χ4n) is 2.18. The predicted octanol–water partition coefficient (Wildman–Crippen LogP) is 1.49. The first-order valence-electron chi connectivity index (χ1n) is 6.06. The summed E-state index contributed by atoms with van der Waals surface area (Å²) in [4.78, 5) is 4.24. The van der Waals surface area contributed by atoms with Crippen molar-refractivity contribution in [2.75, 3.05) is 13.1 Å². The largest absolute Gasteiger partial charge is 0.330 e. The van der Waals surface area contributed by atoms with Crippen LogP contribution in [0.3, 0.4) is 0 Å². The predicted molar refractivity (Wildman–Crippen MR) is 68.1 cm³/mol. The van der Waals surface area contributed by atoms with Crippen molar-refractivity contribution in [3.8, 4) is 6.07 Å². The second kappa shape index (κ2) is 4.63. The number of nitrogens with one attached hydrogen (secondary N) is 1. The normalized spacial score (nSPS) is 15.1. The van der Waals surface area contributed by atoms with E-state index in [-0.39, 0.29) is 0 Å². The molecule has 1 saturated heterocycles. The van der Waals surface area contributed by atoms with Gasteiger partial charge in [-0.05, 0) is 17.7 Å². The quantitative estimate of drug-likeness (QED) is 0.881. The van der Waals surface area contributed by atoms with Crippen LogP contribution < -0.4 is 5.32 Å². The third-order valence-corrected chi connectivity index (χ3v) is 3.38. The molecule has 90 valence electrons. The monoisotopic (exact) mass is 238 g/mol. The fourth-order valence-corrected chi connectivity index (χ4v) is 2.18. The SMILES string of the molecule is N#Cc1ccc(Cn2cncc2C2CNC2)cc1. The molecule has 0 aliphatic carbocycles. The van der Waals surface area contributed by atoms with Gasteiger partial charge in [0.1, 0.15) is 0 Å². The summed E-state index contributed by atoms with van der Waals surface area (Å²) >= 11 is 0. The van der Waals surface area contributed by atoms with Crippen LogP contribution in [-0.4, -0.2) is 22.6 Å². The summed E-state index contributed by atoms with van der Waals surface area (Å²) in [5.74, 6) is 0.589. The van der Waals surface area contributed by atoms with E-state index in [2.05, 4.69) is 20.9 Å². The van der Waals surface area contributed by atoms with Crippen molar-refractivity contribution in [2.24, 2.45) is 0 Å². The Labute approximate surface area is 106 Å². The molecule has 2 heterocycles. The van der Waals surface area contributed by atoms with E-state index in [1.807, 2.05) is 36.8 Å². The molecular formula is C14H14N4. The Morgan fingerprint density at radius 1 is 1.33 bits per heavy atom. The number of hydrogen-bond donors (Lipinski definition) is 1. The Bertz CT molecular complexity index is 573. The lowest BCUT2D eigenvalue weighted by Crippen LogP contribution is -2.40.